The van der Waals surface area contributed by atoms with Gasteiger partial charge in [0.1, 0.15) is 0 Å². The zero-order valence-corrected chi connectivity index (χ0v) is 20.5. The van der Waals surface area contributed by atoms with Crippen LogP contribution in [0.3, 0.4) is 0 Å². The van der Waals surface area contributed by atoms with Crippen molar-refractivity contribution in [2.75, 3.05) is 25.5 Å². The van der Waals surface area contributed by atoms with Gasteiger partial charge >= 0.3 is 0 Å². The summed E-state index contributed by atoms with van der Waals surface area (Å²) < 4.78 is 0. The Hall–Kier alpha value is -1.68. The molecule has 4 rings (SSSR count). The van der Waals surface area contributed by atoms with Gasteiger partial charge in [-0.15, -0.1) is 35.3 Å². The summed E-state index contributed by atoms with van der Waals surface area (Å²) in [4.78, 5) is 22.6. The summed E-state index contributed by atoms with van der Waals surface area (Å²) >= 11 is 1.90. The lowest BCUT2D eigenvalue weighted by Crippen LogP contribution is -2.41. The monoisotopic (exact) mass is 539 g/mol. The fourth-order valence-electron chi connectivity index (χ4n) is 4.08. The highest BCUT2D eigenvalue weighted by Gasteiger charge is 2.24. The third kappa shape index (κ3) is 5.72. The third-order valence-corrected chi connectivity index (χ3v) is 6.81. The molecule has 30 heavy (non-hydrogen) atoms. The van der Waals surface area contributed by atoms with Crippen LogP contribution in [0.1, 0.15) is 52.7 Å². The van der Waals surface area contributed by atoms with Gasteiger partial charge in [0.05, 0.1) is 10.7 Å². The van der Waals surface area contributed by atoms with E-state index in [0.717, 1.165) is 37.5 Å². The van der Waals surface area contributed by atoms with Gasteiger partial charge in [-0.2, -0.15) is 0 Å². The summed E-state index contributed by atoms with van der Waals surface area (Å²) in [5.74, 6) is 1.01. The lowest BCUT2D eigenvalue weighted by molar-refractivity contribution is -0.116. The van der Waals surface area contributed by atoms with Crippen molar-refractivity contribution in [1.29, 1.82) is 0 Å². The summed E-state index contributed by atoms with van der Waals surface area (Å²) in [6.07, 6.45) is 7.50. The summed E-state index contributed by atoms with van der Waals surface area (Å²) in [6.45, 7) is 1.54. The van der Waals surface area contributed by atoms with E-state index < -0.39 is 0 Å². The van der Waals surface area contributed by atoms with Gasteiger partial charge in [-0.1, -0.05) is 18.2 Å². The van der Waals surface area contributed by atoms with Crippen molar-refractivity contribution >= 4 is 52.9 Å². The average Bonchev–Trinajstić information content (AvgIpc) is 3.16. The molecule has 0 radical (unpaired) electrons. The number of hydrogen-bond donors (Lipinski definition) is 3. The number of rotatable bonds is 6. The molecule has 0 spiro atoms. The molecule has 1 unspecified atom stereocenters. The quantitative estimate of drug-likeness (QED) is 0.226. The van der Waals surface area contributed by atoms with Gasteiger partial charge in [0.2, 0.25) is 5.91 Å². The van der Waals surface area contributed by atoms with Crippen LogP contribution in [0, 0.1) is 0 Å². The maximum atomic E-state index is 12.0. The molecule has 1 aliphatic heterocycles. The number of benzene rings is 1. The van der Waals surface area contributed by atoms with Gasteiger partial charge in [0, 0.05) is 49.5 Å². The molecule has 162 valence electrons. The van der Waals surface area contributed by atoms with Crippen molar-refractivity contribution in [2.45, 2.75) is 50.9 Å². The Balaban J connectivity index is 0.00000256. The van der Waals surface area contributed by atoms with E-state index in [1.165, 1.54) is 40.4 Å². The topological polar surface area (TPSA) is 78.4 Å². The first-order chi connectivity index (χ1) is 14.2. The van der Waals surface area contributed by atoms with Crippen LogP contribution in [0.25, 0.3) is 0 Å². The Kier molecular flexibility index (Phi) is 8.50. The number of aliphatic imine (C=N–C) groups is 1. The molecule has 1 aromatic carbocycles. The van der Waals surface area contributed by atoms with Crippen molar-refractivity contribution in [3.8, 4) is 0 Å². The van der Waals surface area contributed by atoms with E-state index in [1.54, 1.807) is 7.05 Å². The molecule has 0 bridgehead atoms. The predicted molar refractivity (Wildman–Crippen MR) is 134 cm³/mol. The summed E-state index contributed by atoms with van der Waals surface area (Å²) in [7, 11) is 1.78. The van der Waals surface area contributed by atoms with Crippen LogP contribution < -0.4 is 16.0 Å². The number of nitrogens with zero attached hydrogens (tertiary/aromatic N) is 2. The number of carbonyl (C=O) groups excluding carboxylic acids is 1. The molecule has 1 amide bonds. The number of carbonyl (C=O) groups is 1. The van der Waals surface area contributed by atoms with E-state index in [1.807, 2.05) is 29.5 Å². The normalized spacial score (nSPS) is 18.0. The van der Waals surface area contributed by atoms with Crippen LogP contribution in [0.5, 0.6) is 0 Å². The predicted octanol–water partition coefficient (Wildman–Crippen LogP) is 3.86. The molecule has 3 N–H and O–H groups in total. The van der Waals surface area contributed by atoms with E-state index in [0.29, 0.717) is 13.0 Å². The Labute approximate surface area is 199 Å². The van der Waals surface area contributed by atoms with E-state index in [4.69, 9.17) is 4.98 Å². The van der Waals surface area contributed by atoms with Gasteiger partial charge in [-0.05, 0) is 43.7 Å². The minimum Gasteiger partial charge on any atom is -0.356 e. The van der Waals surface area contributed by atoms with Crippen LogP contribution in [-0.4, -0.2) is 37.0 Å². The number of anilines is 1. The molecule has 2 heterocycles. The number of amides is 1. The first kappa shape index (κ1) is 23.0. The second-order valence-electron chi connectivity index (χ2n) is 7.70. The van der Waals surface area contributed by atoms with E-state index in [-0.39, 0.29) is 35.8 Å². The number of halogens is 1. The molecule has 2 aliphatic rings. The fourth-order valence-corrected chi connectivity index (χ4v) is 5.28. The van der Waals surface area contributed by atoms with Crippen molar-refractivity contribution in [1.82, 2.24) is 15.6 Å². The highest BCUT2D eigenvalue weighted by molar-refractivity contribution is 14.0. The molecule has 0 saturated carbocycles. The number of fused-ring (bicyclic) bond motifs is 2. The highest BCUT2D eigenvalue weighted by atomic mass is 127. The van der Waals surface area contributed by atoms with Gasteiger partial charge in [0.25, 0.3) is 0 Å². The second kappa shape index (κ2) is 11.1. The van der Waals surface area contributed by atoms with Crippen LogP contribution in [0.4, 0.5) is 5.69 Å². The molecule has 1 aliphatic carbocycles. The summed E-state index contributed by atoms with van der Waals surface area (Å²) in [6, 6.07) is 8.02. The molecule has 6 nitrogen and oxygen atoms in total. The number of thiazole rings is 1. The van der Waals surface area contributed by atoms with Gasteiger partial charge in [0.15, 0.2) is 5.96 Å². The smallest absolute Gasteiger partial charge is 0.225 e. The van der Waals surface area contributed by atoms with Gasteiger partial charge < -0.3 is 16.0 Å². The maximum Gasteiger partial charge on any atom is 0.225 e. The fraction of sp³-hybridized carbons (Fsp3) is 0.500. The number of nitrogens with one attached hydrogen (secondary N) is 3. The number of para-hydroxylation sites is 1. The Morgan fingerprint density at radius 3 is 2.93 bits per heavy atom. The molecular weight excluding hydrogens is 509 g/mol. The second-order valence-corrected chi connectivity index (χ2v) is 8.87. The Morgan fingerprint density at radius 1 is 1.27 bits per heavy atom. The molecule has 8 heteroatoms. The van der Waals surface area contributed by atoms with Crippen molar-refractivity contribution in [3.63, 3.8) is 0 Å². The Morgan fingerprint density at radius 2 is 2.10 bits per heavy atom. The van der Waals surface area contributed by atoms with Crippen molar-refractivity contribution in [3.05, 3.63) is 45.4 Å². The number of hydrogen-bond acceptors (Lipinski definition) is 4. The lowest BCUT2D eigenvalue weighted by atomic mass is 9.90. The number of aromatic nitrogens is 1. The van der Waals surface area contributed by atoms with Crippen molar-refractivity contribution < 1.29 is 4.79 Å². The zero-order chi connectivity index (χ0) is 20.1. The summed E-state index contributed by atoms with van der Waals surface area (Å²) in [5.41, 5.74) is 3.45. The maximum absolute atomic E-state index is 12.0. The first-order valence-corrected chi connectivity index (χ1v) is 11.4. The molecule has 0 saturated heterocycles. The van der Waals surface area contributed by atoms with E-state index in [9.17, 15) is 4.79 Å². The zero-order valence-electron chi connectivity index (χ0n) is 17.4. The average molecular weight is 539 g/mol. The minimum absolute atomic E-state index is 0. The SMILES string of the molecule is CN=C(NCCCc1nc2c(s1)CCCC2)NCC1CC(=O)Nc2ccccc21.I. The molecule has 1 aromatic heterocycles. The standard InChI is InChI=1S/C22H29N5OS.HI/c1-23-22(24-12-6-11-21-27-18-9-4-5-10-19(18)29-21)25-14-15-13-20(28)26-17-8-3-2-7-16(15)17;/h2-3,7-8,15H,4-6,9-14H2,1H3,(H,26,28)(H2,23,24,25);1H. The van der Waals surface area contributed by atoms with Gasteiger partial charge in [-0.25, -0.2) is 4.98 Å². The molecule has 0 fully saturated rings. The molecule has 1 atom stereocenters. The lowest BCUT2D eigenvalue weighted by Gasteiger charge is -2.26. The largest absolute Gasteiger partial charge is 0.356 e. The highest BCUT2D eigenvalue weighted by Crippen LogP contribution is 2.31. The van der Waals surface area contributed by atoms with E-state index in [2.05, 4.69) is 27.0 Å². The van der Waals surface area contributed by atoms with Crippen LogP contribution in [0.2, 0.25) is 0 Å². The number of guanidine groups is 1. The van der Waals surface area contributed by atoms with Crippen LogP contribution in [0.15, 0.2) is 29.3 Å². The van der Waals surface area contributed by atoms with Gasteiger partial charge in [-0.3, -0.25) is 9.79 Å². The minimum atomic E-state index is 0. The van der Waals surface area contributed by atoms with Crippen molar-refractivity contribution in [2.24, 2.45) is 4.99 Å². The van der Waals surface area contributed by atoms with Crippen LogP contribution >= 0.6 is 35.3 Å². The summed E-state index contributed by atoms with van der Waals surface area (Å²) in [5, 5.41) is 11.0. The van der Waals surface area contributed by atoms with Crippen LogP contribution in [-0.2, 0) is 24.1 Å². The molecular formula is C22H30IN5OS. The number of aryl methyl sites for hydroxylation is 3. The third-order valence-electron chi connectivity index (χ3n) is 5.60. The molecule has 2 aromatic rings. The van der Waals surface area contributed by atoms with E-state index >= 15 is 0 Å². The first-order valence-electron chi connectivity index (χ1n) is 10.5. The Bertz CT molecular complexity index is 874.